The Labute approximate surface area is 181 Å². The van der Waals surface area contributed by atoms with Crippen LogP contribution in [0.25, 0.3) is 5.57 Å². The predicted molar refractivity (Wildman–Crippen MR) is 129 cm³/mol. The lowest BCUT2D eigenvalue weighted by Gasteiger charge is -2.09. The topological polar surface area (TPSA) is 51.0 Å². The number of halogens is 1. The number of benzene rings is 1. The Bertz CT molecular complexity index is 785. The molecule has 7 heteroatoms. The molecule has 0 bridgehead atoms. The number of nitrogens with zero attached hydrogens (tertiary/aromatic N) is 2. The molecule has 0 radical (unpaired) electrons. The van der Waals surface area contributed by atoms with Gasteiger partial charge in [0.1, 0.15) is 5.82 Å². The van der Waals surface area contributed by atoms with E-state index in [1.165, 1.54) is 6.07 Å². The molecule has 1 heterocycles. The fraction of sp³-hybridized carbons (Fsp3) is 0.455. The van der Waals surface area contributed by atoms with Crippen molar-refractivity contribution in [3.05, 3.63) is 46.9 Å². The number of terminal acetylenes is 1. The van der Waals surface area contributed by atoms with Gasteiger partial charge in [0.25, 0.3) is 0 Å². The van der Waals surface area contributed by atoms with E-state index in [1.807, 2.05) is 32.3 Å². The third-order valence-electron chi connectivity index (χ3n) is 3.72. The van der Waals surface area contributed by atoms with Gasteiger partial charge in [-0.25, -0.2) is 9.02 Å². The monoisotopic (exact) mass is 437 g/mol. The smallest absolute Gasteiger partial charge is 0.198 e. The Morgan fingerprint density at radius 2 is 2.07 bits per heavy atom. The summed E-state index contributed by atoms with van der Waals surface area (Å²) in [6.45, 7) is 13.1. The van der Waals surface area contributed by atoms with Crippen LogP contribution >= 0.6 is 21.0 Å². The first-order chi connectivity index (χ1) is 13.9. The van der Waals surface area contributed by atoms with E-state index in [0.717, 1.165) is 40.7 Å². The van der Waals surface area contributed by atoms with Gasteiger partial charge in [0, 0.05) is 12.3 Å². The summed E-state index contributed by atoms with van der Waals surface area (Å²) in [6, 6.07) is 4.72. The van der Waals surface area contributed by atoms with E-state index < -0.39 is 0 Å². The second-order valence-corrected chi connectivity index (χ2v) is 7.51. The zero-order valence-electron chi connectivity index (χ0n) is 18.3. The summed E-state index contributed by atoms with van der Waals surface area (Å²) in [6.07, 6.45) is 7.10. The van der Waals surface area contributed by atoms with Crippen LogP contribution in [0.2, 0.25) is 0 Å². The summed E-state index contributed by atoms with van der Waals surface area (Å²) in [7, 11) is 2.42. The second kappa shape index (κ2) is 16.0. The van der Waals surface area contributed by atoms with Crippen LogP contribution in [-0.2, 0) is 0 Å². The first kappa shape index (κ1) is 27.2. The molecule has 1 aromatic heterocycles. The van der Waals surface area contributed by atoms with Crippen LogP contribution in [-0.4, -0.2) is 35.0 Å². The first-order valence-electron chi connectivity index (χ1n) is 9.55. The van der Waals surface area contributed by atoms with E-state index in [4.69, 9.17) is 11.1 Å². The molecule has 0 saturated carbocycles. The molecular formula is C22H33FN3OPS. The van der Waals surface area contributed by atoms with Gasteiger partial charge in [0.05, 0.1) is 5.56 Å². The van der Waals surface area contributed by atoms with E-state index in [-0.39, 0.29) is 5.82 Å². The molecule has 0 fully saturated rings. The van der Waals surface area contributed by atoms with Gasteiger partial charge in [-0.2, -0.15) is 11.8 Å². The minimum atomic E-state index is -0.326. The molecule has 0 saturated heterocycles. The number of aromatic nitrogens is 2. The van der Waals surface area contributed by atoms with Crippen molar-refractivity contribution in [2.45, 2.75) is 34.6 Å². The number of hydrogen-bond donors (Lipinski definition) is 1. The van der Waals surface area contributed by atoms with Crippen LogP contribution in [0.15, 0.2) is 28.9 Å². The van der Waals surface area contributed by atoms with Crippen molar-refractivity contribution >= 4 is 32.4 Å². The minimum Gasteiger partial charge on any atom is -0.365 e. The molecule has 2 aromatic rings. The molecule has 2 rings (SSSR count). The fourth-order valence-corrected chi connectivity index (χ4v) is 2.91. The van der Waals surface area contributed by atoms with Crippen LogP contribution in [0, 0.1) is 31.0 Å². The summed E-state index contributed by atoms with van der Waals surface area (Å²) < 4.78 is 17.5. The lowest BCUT2D eigenvalue weighted by atomic mass is 10.00. The molecule has 4 nitrogen and oxygen atoms in total. The van der Waals surface area contributed by atoms with E-state index in [0.29, 0.717) is 11.5 Å². The molecule has 160 valence electrons. The summed E-state index contributed by atoms with van der Waals surface area (Å²) >= 11 is 1.90. The Morgan fingerprint density at radius 3 is 2.59 bits per heavy atom. The molecule has 0 spiro atoms. The van der Waals surface area contributed by atoms with Crippen molar-refractivity contribution in [1.29, 1.82) is 0 Å². The molecule has 0 amide bonds. The molecule has 1 unspecified atom stereocenters. The molecule has 1 N–H and O–H groups in total. The molecule has 0 aliphatic rings. The van der Waals surface area contributed by atoms with Crippen LogP contribution in [0.4, 0.5) is 10.2 Å². The normalized spacial score (nSPS) is 10.4. The summed E-state index contributed by atoms with van der Waals surface area (Å²) in [5.74, 6) is 5.30. The number of thioether (sulfide) groups is 1. The Hall–Kier alpha value is -1.83. The number of anilines is 1. The SMILES string of the molecule is C#Cc1cc(C)ccc1F.C/C=C(\c1nonc1NCCSCC)C(C)C.CP. The van der Waals surface area contributed by atoms with Gasteiger partial charge < -0.3 is 5.32 Å². The van der Waals surface area contributed by atoms with Gasteiger partial charge in [-0.1, -0.05) is 45.5 Å². The van der Waals surface area contributed by atoms with Crippen LogP contribution in [0.1, 0.15) is 44.5 Å². The van der Waals surface area contributed by atoms with Crippen molar-refractivity contribution in [1.82, 2.24) is 10.3 Å². The highest BCUT2D eigenvalue weighted by molar-refractivity contribution is 7.99. The quantitative estimate of drug-likeness (QED) is 0.332. The van der Waals surface area contributed by atoms with Crippen molar-refractivity contribution in [3.63, 3.8) is 0 Å². The van der Waals surface area contributed by atoms with E-state index in [2.05, 4.69) is 57.6 Å². The zero-order chi connectivity index (χ0) is 22.2. The third kappa shape index (κ3) is 9.96. The van der Waals surface area contributed by atoms with Crippen LogP contribution < -0.4 is 5.32 Å². The van der Waals surface area contributed by atoms with Gasteiger partial charge in [-0.15, -0.1) is 15.7 Å². The lowest BCUT2D eigenvalue weighted by molar-refractivity contribution is 0.307. The average Bonchev–Trinajstić information content (AvgIpc) is 3.17. The van der Waals surface area contributed by atoms with Crippen molar-refractivity contribution in [2.75, 3.05) is 30.0 Å². The standard InChI is InChI=1S/C12H21N3OS.C9H7F.CH5P/c1-5-10(9(3)4)11-12(15-16-14-11)13-7-8-17-6-2;1-3-8-6-7(2)4-5-9(8)10;1-2/h5,9H,6-8H2,1-4H3,(H,13,15);1,4-6H,2H3;2H2,1H3/b10-5-;;. The number of allylic oxidation sites excluding steroid dienone is 2. The summed E-state index contributed by atoms with van der Waals surface area (Å²) in [4.78, 5) is 0. The van der Waals surface area contributed by atoms with E-state index in [9.17, 15) is 4.39 Å². The zero-order valence-corrected chi connectivity index (χ0v) is 20.2. The first-order valence-corrected chi connectivity index (χ1v) is 11.9. The largest absolute Gasteiger partial charge is 0.365 e. The molecule has 1 atom stereocenters. The maximum Gasteiger partial charge on any atom is 0.198 e. The maximum atomic E-state index is 12.6. The van der Waals surface area contributed by atoms with Crippen molar-refractivity contribution < 1.29 is 9.02 Å². The van der Waals surface area contributed by atoms with Crippen LogP contribution in [0.5, 0.6) is 0 Å². The molecule has 0 aliphatic carbocycles. The number of nitrogens with one attached hydrogen (secondary N) is 1. The second-order valence-electron chi connectivity index (χ2n) is 6.11. The maximum absolute atomic E-state index is 12.6. The average molecular weight is 438 g/mol. The summed E-state index contributed by atoms with van der Waals surface area (Å²) in [5, 5.41) is 11.2. The van der Waals surface area contributed by atoms with Crippen LogP contribution in [0.3, 0.4) is 0 Å². The van der Waals surface area contributed by atoms with Gasteiger partial charge >= 0.3 is 0 Å². The number of hydrogen-bond acceptors (Lipinski definition) is 5. The predicted octanol–water partition coefficient (Wildman–Crippen LogP) is 5.90. The Balaban J connectivity index is 0.000000554. The van der Waals surface area contributed by atoms with Crippen molar-refractivity contribution in [2.24, 2.45) is 5.92 Å². The Morgan fingerprint density at radius 1 is 1.38 bits per heavy atom. The van der Waals surface area contributed by atoms with Gasteiger partial charge in [0.15, 0.2) is 11.5 Å². The minimum absolute atomic E-state index is 0.326. The molecule has 0 aliphatic heterocycles. The van der Waals surface area contributed by atoms with Gasteiger partial charge in [-0.3, -0.25) is 0 Å². The summed E-state index contributed by atoms with van der Waals surface area (Å²) in [5.41, 5.74) is 3.32. The van der Waals surface area contributed by atoms with Crippen molar-refractivity contribution in [3.8, 4) is 12.3 Å². The molecular weight excluding hydrogens is 404 g/mol. The number of aryl methyl sites for hydroxylation is 1. The lowest BCUT2D eigenvalue weighted by Crippen LogP contribution is -2.07. The third-order valence-corrected chi connectivity index (χ3v) is 4.62. The molecule has 29 heavy (non-hydrogen) atoms. The number of rotatable bonds is 7. The van der Waals surface area contributed by atoms with Gasteiger partial charge in [0.2, 0.25) is 0 Å². The molecule has 1 aromatic carbocycles. The van der Waals surface area contributed by atoms with E-state index >= 15 is 0 Å². The fourth-order valence-electron chi connectivity index (χ4n) is 2.37. The highest BCUT2D eigenvalue weighted by Gasteiger charge is 2.16. The highest BCUT2D eigenvalue weighted by Crippen LogP contribution is 2.26. The van der Waals surface area contributed by atoms with E-state index in [1.54, 1.807) is 12.1 Å². The highest BCUT2D eigenvalue weighted by atomic mass is 32.2. The Kier molecular flexibility index (Phi) is 15.0. The van der Waals surface area contributed by atoms with Gasteiger partial charge in [-0.05, 0) is 59.1 Å².